The van der Waals surface area contributed by atoms with Crippen molar-refractivity contribution in [2.75, 3.05) is 20.6 Å². The number of aromatic nitrogens is 1. The van der Waals surface area contributed by atoms with Gasteiger partial charge in [0.2, 0.25) is 5.91 Å². The molecule has 2 rings (SSSR count). The fourth-order valence-electron chi connectivity index (χ4n) is 2.15. The lowest BCUT2D eigenvalue weighted by Gasteiger charge is -2.21. The van der Waals surface area contributed by atoms with E-state index in [4.69, 9.17) is 0 Å². The van der Waals surface area contributed by atoms with Gasteiger partial charge in [-0.15, -0.1) is 11.3 Å². The highest BCUT2D eigenvalue weighted by molar-refractivity contribution is 7.09. The Morgan fingerprint density at radius 2 is 2.50 bits per heavy atom. The van der Waals surface area contributed by atoms with Crippen LogP contribution in [0.1, 0.15) is 11.3 Å². The van der Waals surface area contributed by atoms with Crippen LogP contribution in [0.5, 0.6) is 0 Å². The van der Waals surface area contributed by atoms with Gasteiger partial charge in [-0.05, 0) is 25.3 Å². The molecule has 1 amide bonds. The first-order chi connectivity index (χ1) is 7.68. The molecule has 2 heterocycles. The second-order valence-electron chi connectivity index (χ2n) is 4.39. The van der Waals surface area contributed by atoms with Gasteiger partial charge in [0.25, 0.3) is 0 Å². The molecule has 0 radical (unpaired) electrons. The van der Waals surface area contributed by atoms with Gasteiger partial charge in [-0.2, -0.15) is 0 Å². The Hall–Kier alpha value is -0.940. The molecular weight excluding hydrogens is 222 g/mol. The molecule has 5 heteroatoms. The van der Waals surface area contributed by atoms with E-state index in [-0.39, 0.29) is 11.9 Å². The number of hydrogen-bond donors (Lipinski definition) is 1. The summed E-state index contributed by atoms with van der Waals surface area (Å²) in [5, 5.41) is 3.29. The van der Waals surface area contributed by atoms with Gasteiger partial charge in [0, 0.05) is 25.2 Å². The molecule has 2 atom stereocenters. The summed E-state index contributed by atoms with van der Waals surface area (Å²) in [5.41, 5.74) is 1.85. The first-order valence-corrected chi connectivity index (χ1v) is 6.38. The molecule has 1 fully saturated rings. The molecule has 0 saturated carbocycles. The van der Waals surface area contributed by atoms with E-state index in [0.29, 0.717) is 5.92 Å². The zero-order chi connectivity index (χ0) is 11.5. The first kappa shape index (κ1) is 11.5. The van der Waals surface area contributed by atoms with Crippen molar-refractivity contribution in [1.82, 2.24) is 15.2 Å². The number of nitrogens with zero attached hydrogens (tertiary/aromatic N) is 2. The maximum Gasteiger partial charge on any atom is 0.239 e. The van der Waals surface area contributed by atoms with Crippen LogP contribution in [-0.2, 0) is 11.2 Å². The first-order valence-electron chi connectivity index (χ1n) is 5.50. The average molecular weight is 239 g/mol. The van der Waals surface area contributed by atoms with Gasteiger partial charge in [-0.1, -0.05) is 0 Å². The van der Waals surface area contributed by atoms with Crippen molar-refractivity contribution in [3.05, 3.63) is 16.6 Å². The third-order valence-corrected chi connectivity index (χ3v) is 3.81. The third kappa shape index (κ3) is 2.41. The highest BCUT2D eigenvalue weighted by Crippen LogP contribution is 2.23. The van der Waals surface area contributed by atoms with E-state index in [9.17, 15) is 4.79 Å². The van der Waals surface area contributed by atoms with E-state index >= 15 is 0 Å². The topological polar surface area (TPSA) is 45.2 Å². The Morgan fingerprint density at radius 1 is 1.69 bits per heavy atom. The molecule has 4 nitrogen and oxygen atoms in total. The molecule has 1 aromatic heterocycles. The van der Waals surface area contributed by atoms with Crippen LogP contribution in [0.4, 0.5) is 0 Å². The number of thiazole rings is 1. The molecule has 1 aromatic rings. The predicted octanol–water partition coefficient (Wildman–Crippen LogP) is 0.752. The molecule has 0 bridgehead atoms. The van der Waals surface area contributed by atoms with Crippen molar-refractivity contribution in [2.45, 2.75) is 18.9 Å². The smallest absolute Gasteiger partial charge is 0.239 e. The summed E-state index contributed by atoms with van der Waals surface area (Å²) in [6, 6.07) is -0.0166. The summed E-state index contributed by atoms with van der Waals surface area (Å²) in [6.45, 7) is 0.938. The SMILES string of the molecule is CN(C)C(=O)C1NCCC1Cc1cncs1. The molecule has 88 valence electrons. The Morgan fingerprint density at radius 3 is 3.12 bits per heavy atom. The van der Waals surface area contributed by atoms with Crippen molar-refractivity contribution < 1.29 is 4.79 Å². The van der Waals surface area contributed by atoms with Crippen molar-refractivity contribution in [3.63, 3.8) is 0 Å². The van der Waals surface area contributed by atoms with E-state index in [1.54, 1.807) is 16.2 Å². The molecule has 1 aliphatic heterocycles. The number of amides is 1. The van der Waals surface area contributed by atoms with Crippen LogP contribution in [0, 0.1) is 5.92 Å². The summed E-state index contributed by atoms with van der Waals surface area (Å²) < 4.78 is 0. The molecule has 1 aliphatic rings. The maximum absolute atomic E-state index is 11.9. The molecule has 1 N–H and O–H groups in total. The van der Waals surface area contributed by atoms with Gasteiger partial charge in [-0.25, -0.2) is 0 Å². The summed E-state index contributed by atoms with van der Waals surface area (Å²) >= 11 is 1.67. The predicted molar refractivity (Wildman–Crippen MR) is 64.4 cm³/mol. The standard InChI is InChI=1S/C11H17N3OS/c1-14(2)11(15)10-8(3-4-13-10)5-9-6-12-7-16-9/h6-8,10,13H,3-5H2,1-2H3. The largest absolute Gasteiger partial charge is 0.347 e. The van der Waals surface area contributed by atoms with Gasteiger partial charge < -0.3 is 10.2 Å². The van der Waals surface area contributed by atoms with Gasteiger partial charge in [-0.3, -0.25) is 9.78 Å². The summed E-state index contributed by atoms with van der Waals surface area (Å²) in [7, 11) is 3.62. The third-order valence-electron chi connectivity index (χ3n) is 3.00. The monoisotopic (exact) mass is 239 g/mol. The molecular formula is C11H17N3OS. The van der Waals surface area contributed by atoms with Gasteiger partial charge in [0.15, 0.2) is 0 Å². The van der Waals surface area contributed by atoms with Gasteiger partial charge >= 0.3 is 0 Å². The molecule has 0 spiro atoms. The summed E-state index contributed by atoms with van der Waals surface area (Å²) in [4.78, 5) is 18.9. The lowest BCUT2D eigenvalue weighted by Crippen LogP contribution is -2.43. The van der Waals surface area contributed by atoms with E-state index in [1.165, 1.54) is 4.88 Å². The molecule has 0 aliphatic carbocycles. The van der Waals surface area contributed by atoms with Crippen LogP contribution in [0.15, 0.2) is 11.7 Å². The Labute approximate surface area is 99.7 Å². The number of likely N-dealkylation sites (N-methyl/N-ethyl adjacent to an activating group) is 1. The fourth-order valence-corrected chi connectivity index (χ4v) is 2.84. The lowest BCUT2D eigenvalue weighted by molar-refractivity contribution is -0.131. The minimum absolute atomic E-state index is 0.0166. The summed E-state index contributed by atoms with van der Waals surface area (Å²) in [5.74, 6) is 0.599. The minimum Gasteiger partial charge on any atom is -0.347 e. The number of carbonyl (C=O) groups is 1. The van der Waals surface area contributed by atoms with Crippen LogP contribution < -0.4 is 5.32 Å². The summed E-state index contributed by atoms with van der Waals surface area (Å²) in [6.07, 6.45) is 3.93. The number of hydrogen-bond acceptors (Lipinski definition) is 4. The second-order valence-corrected chi connectivity index (χ2v) is 5.36. The van der Waals surface area contributed by atoms with Crippen molar-refractivity contribution >= 4 is 17.2 Å². The van der Waals surface area contributed by atoms with Crippen LogP contribution in [0.3, 0.4) is 0 Å². The second kappa shape index (κ2) is 4.93. The molecule has 1 saturated heterocycles. The number of carbonyl (C=O) groups excluding carboxylic acids is 1. The Bertz CT molecular complexity index is 350. The van der Waals surface area contributed by atoms with Gasteiger partial charge in [0.1, 0.15) is 0 Å². The fraction of sp³-hybridized carbons (Fsp3) is 0.636. The van der Waals surface area contributed by atoms with E-state index in [2.05, 4.69) is 10.3 Å². The Balaban J connectivity index is 2.01. The van der Waals surface area contributed by atoms with Crippen LogP contribution in [-0.4, -0.2) is 42.5 Å². The lowest BCUT2D eigenvalue weighted by atomic mass is 9.95. The quantitative estimate of drug-likeness (QED) is 0.846. The van der Waals surface area contributed by atoms with E-state index in [1.807, 2.05) is 25.8 Å². The molecule has 16 heavy (non-hydrogen) atoms. The highest BCUT2D eigenvalue weighted by atomic mass is 32.1. The van der Waals surface area contributed by atoms with Crippen molar-refractivity contribution in [2.24, 2.45) is 5.92 Å². The maximum atomic E-state index is 11.9. The van der Waals surface area contributed by atoms with Crippen molar-refractivity contribution in [3.8, 4) is 0 Å². The highest BCUT2D eigenvalue weighted by Gasteiger charge is 2.33. The van der Waals surface area contributed by atoms with E-state index < -0.39 is 0 Å². The number of nitrogens with one attached hydrogen (secondary N) is 1. The minimum atomic E-state index is -0.0166. The van der Waals surface area contributed by atoms with Crippen LogP contribution in [0.2, 0.25) is 0 Å². The van der Waals surface area contributed by atoms with E-state index in [0.717, 1.165) is 19.4 Å². The van der Waals surface area contributed by atoms with Crippen LogP contribution in [0.25, 0.3) is 0 Å². The number of rotatable bonds is 3. The Kier molecular flexibility index (Phi) is 3.56. The zero-order valence-electron chi connectivity index (χ0n) is 9.64. The molecule has 2 unspecified atom stereocenters. The normalized spacial score (nSPS) is 24.6. The van der Waals surface area contributed by atoms with Gasteiger partial charge in [0.05, 0.1) is 11.6 Å². The average Bonchev–Trinajstić information content (AvgIpc) is 2.88. The van der Waals surface area contributed by atoms with Crippen LogP contribution >= 0.6 is 11.3 Å². The molecule has 0 aromatic carbocycles. The van der Waals surface area contributed by atoms with Crippen molar-refractivity contribution in [1.29, 1.82) is 0 Å². The zero-order valence-corrected chi connectivity index (χ0v) is 10.5.